The van der Waals surface area contributed by atoms with E-state index in [1.54, 1.807) is 10.7 Å². The number of nitrogens with one attached hydrogen (secondary N) is 1. The average molecular weight is 348 g/mol. The molecule has 0 saturated heterocycles. The zero-order valence-corrected chi connectivity index (χ0v) is 13.0. The van der Waals surface area contributed by atoms with Crippen LogP contribution in [0.2, 0.25) is 0 Å². The van der Waals surface area contributed by atoms with Crippen molar-refractivity contribution in [3.8, 4) is 0 Å². The Bertz CT molecular complexity index is 765. The van der Waals surface area contributed by atoms with Gasteiger partial charge < -0.3 is 4.57 Å². The minimum atomic E-state index is -0.105. The lowest BCUT2D eigenvalue weighted by atomic mass is 10.2. The van der Waals surface area contributed by atoms with E-state index in [9.17, 15) is 4.79 Å². The predicted octanol–water partition coefficient (Wildman–Crippen LogP) is 2.88. The molecule has 0 bridgehead atoms. The van der Waals surface area contributed by atoms with Crippen LogP contribution in [0.25, 0.3) is 5.65 Å². The van der Waals surface area contributed by atoms with Gasteiger partial charge in [0.2, 0.25) is 11.9 Å². The Morgan fingerprint density at radius 1 is 1.38 bits per heavy atom. The van der Waals surface area contributed by atoms with Crippen LogP contribution in [0, 0.1) is 0 Å². The predicted molar refractivity (Wildman–Crippen MR) is 83.1 cm³/mol. The molecule has 0 radical (unpaired) electrons. The molecule has 108 valence electrons. The number of anilines is 1. The maximum absolute atomic E-state index is 12.0. The summed E-state index contributed by atoms with van der Waals surface area (Å²) in [7, 11) is 0. The van der Waals surface area contributed by atoms with Gasteiger partial charge in [-0.2, -0.15) is 4.98 Å². The molecule has 0 aliphatic rings. The molecule has 0 aliphatic heterocycles. The minimum absolute atomic E-state index is 0.0891. The lowest BCUT2D eigenvalue weighted by Gasteiger charge is -2.12. The third-order valence-electron chi connectivity index (χ3n) is 3.16. The van der Waals surface area contributed by atoms with Gasteiger partial charge in [0.15, 0.2) is 5.65 Å². The zero-order valence-electron chi connectivity index (χ0n) is 11.4. The van der Waals surface area contributed by atoms with Crippen LogP contribution in [0.1, 0.15) is 19.4 Å². The Hall–Kier alpha value is -2.15. The summed E-state index contributed by atoms with van der Waals surface area (Å²) in [5.41, 5.74) is 0.687. The van der Waals surface area contributed by atoms with Crippen molar-refractivity contribution < 1.29 is 4.79 Å². The molecule has 0 saturated carbocycles. The van der Waals surface area contributed by atoms with Crippen LogP contribution in [0.4, 0.5) is 5.95 Å². The van der Waals surface area contributed by atoms with Crippen molar-refractivity contribution in [1.29, 1.82) is 0 Å². The van der Waals surface area contributed by atoms with E-state index in [1.807, 2.05) is 48.1 Å². The Labute approximate surface area is 129 Å². The molecule has 0 unspecified atom stereocenters. The molecular formula is C14H14BrN5O. The van der Waals surface area contributed by atoms with Crippen LogP contribution in [-0.2, 0) is 4.79 Å². The van der Waals surface area contributed by atoms with Crippen LogP contribution in [-0.4, -0.2) is 25.1 Å². The van der Waals surface area contributed by atoms with E-state index < -0.39 is 0 Å². The fraction of sp³-hybridized carbons (Fsp3) is 0.214. The van der Waals surface area contributed by atoms with E-state index in [0.717, 1.165) is 4.47 Å². The van der Waals surface area contributed by atoms with E-state index in [2.05, 4.69) is 31.3 Å². The molecular weight excluding hydrogens is 334 g/mol. The van der Waals surface area contributed by atoms with Gasteiger partial charge in [-0.15, -0.1) is 5.10 Å². The van der Waals surface area contributed by atoms with Gasteiger partial charge in [-0.25, -0.2) is 4.52 Å². The van der Waals surface area contributed by atoms with Gasteiger partial charge in [-0.3, -0.25) is 10.1 Å². The van der Waals surface area contributed by atoms with E-state index in [0.29, 0.717) is 18.0 Å². The molecule has 7 heteroatoms. The fourth-order valence-corrected chi connectivity index (χ4v) is 2.43. The highest BCUT2D eigenvalue weighted by atomic mass is 79.9. The van der Waals surface area contributed by atoms with E-state index >= 15 is 0 Å². The van der Waals surface area contributed by atoms with Gasteiger partial charge >= 0.3 is 0 Å². The highest BCUT2D eigenvalue weighted by molar-refractivity contribution is 9.10. The number of carbonyl (C=O) groups excluding carboxylic acids is 1. The van der Waals surface area contributed by atoms with E-state index in [4.69, 9.17) is 0 Å². The highest BCUT2D eigenvalue weighted by Crippen LogP contribution is 2.14. The second kappa shape index (κ2) is 5.69. The lowest BCUT2D eigenvalue weighted by Crippen LogP contribution is -2.17. The first kappa shape index (κ1) is 13.8. The standard InChI is InChI=1S/C14H14BrN5O/c1-10(19-6-2-3-7-19)8-13(21)17-14-16-12-5-4-11(15)9-20(12)18-14/h2-7,9-10H,8H2,1H3,(H,17,18,21)/t10-/m0/s1. The number of halogens is 1. The van der Waals surface area contributed by atoms with Crippen molar-refractivity contribution in [2.75, 3.05) is 5.32 Å². The minimum Gasteiger partial charge on any atom is -0.351 e. The zero-order chi connectivity index (χ0) is 14.8. The molecule has 21 heavy (non-hydrogen) atoms. The summed E-state index contributed by atoms with van der Waals surface area (Å²) in [5, 5.41) is 6.95. The number of fused-ring (bicyclic) bond motifs is 1. The Kier molecular flexibility index (Phi) is 3.74. The molecule has 3 heterocycles. The first-order chi connectivity index (χ1) is 10.1. The summed E-state index contributed by atoms with van der Waals surface area (Å²) >= 11 is 3.37. The summed E-state index contributed by atoms with van der Waals surface area (Å²) < 4.78 is 4.52. The van der Waals surface area contributed by atoms with Crippen LogP contribution >= 0.6 is 15.9 Å². The van der Waals surface area contributed by atoms with Gasteiger partial charge in [-0.1, -0.05) is 0 Å². The molecule has 1 N–H and O–H groups in total. The molecule has 3 aromatic rings. The lowest BCUT2D eigenvalue weighted by molar-refractivity contribution is -0.116. The normalized spacial score (nSPS) is 12.5. The molecule has 0 aliphatic carbocycles. The molecule has 1 atom stereocenters. The summed E-state index contributed by atoms with van der Waals surface area (Å²) in [6, 6.07) is 7.68. The maximum Gasteiger partial charge on any atom is 0.249 e. The number of carbonyl (C=O) groups is 1. The number of amides is 1. The number of rotatable bonds is 4. The molecule has 0 fully saturated rings. The van der Waals surface area contributed by atoms with Crippen LogP contribution in [0.3, 0.4) is 0 Å². The SMILES string of the molecule is C[C@@H](CC(=O)Nc1nc2ccc(Br)cn2n1)n1cccc1. The third kappa shape index (κ3) is 3.13. The fourth-order valence-electron chi connectivity index (χ4n) is 2.10. The van der Waals surface area contributed by atoms with Gasteiger partial charge in [-0.05, 0) is 47.1 Å². The molecule has 3 rings (SSSR count). The Morgan fingerprint density at radius 3 is 2.90 bits per heavy atom. The number of pyridine rings is 1. The van der Waals surface area contributed by atoms with Gasteiger partial charge in [0.05, 0.1) is 0 Å². The van der Waals surface area contributed by atoms with Crippen molar-refractivity contribution in [1.82, 2.24) is 19.2 Å². The van der Waals surface area contributed by atoms with Crippen molar-refractivity contribution in [3.05, 3.63) is 47.3 Å². The van der Waals surface area contributed by atoms with Gasteiger partial charge in [0.25, 0.3) is 0 Å². The van der Waals surface area contributed by atoms with Crippen molar-refractivity contribution in [3.63, 3.8) is 0 Å². The number of hydrogen-bond acceptors (Lipinski definition) is 3. The molecule has 1 amide bonds. The summed E-state index contributed by atoms with van der Waals surface area (Å²) in [6.45, 7) is 1.99. The highest BCUT2D eigenvalue weighted by Gasteiger charge is 2.12. The summed E-state index contributed by atoms with van der Waals surface area (Å²) in [5.74, 6) is 0.212. The Balaban J connectivity index is 1.68. The molecule has 0 spiro atoms. The smallest absolute Gasteiger partial charge is 0.249 e. The second-order valence-corrected chi connectivity index (χ2v) is 5.73. The topological polar surface area (TPSA) is 64.2 Å². The first-order valence-electron chi connectivity index (χ1n) is 6.56. The monoisotopic (exact) mass is 347 g/mol. The first-order valence-corrected chi connectivity index (χ1v) is 7.35. The van der Waals surface area contributed by atoms with Crippen LogP contribution in [0.15, 0.2) is 47.3 Å². The quantitative estimate of drug-likeness (QED) is 0.789. The van der Waals surface area contributed by atoms with Crippen molar-refractivity contribution in [2.24, 2.45) is 0 Å². The van der Waals surface area contributed by atoms with E-state index in [1.165, 1.54) is 0 Å². The van der Waals surface area contributed by atoms with Gasteiger partial charge in [0, 0.05) is 35.5 Å². The van der Waals surface area contributed by atoms with Crippen LogP contribution in [0.5, 0.6) is 0 Å². The van der Waals surface area contributed by atoms with Gasteiger partial charge in [0.1, 0.15) is 0 Å². The third-order valence-corrected chi connectivity index (χ3v) is 3.63. The van der Waals surface area contributed by atoms with E-state index in [-0.39, 0.29) is 11.9 Å². The molecule has 0 aromatic carbocycles. The Morgan fingerprint density at radius 2 is 2.14 bits per heavy atom. The second-order valence-electron chi connectivity index (χ2n) is 4.82. The largest absolute Gasteiger partial charge is 0.351 e. The number of aromatic nitrogens is 4. The summed E-state index contributed by atoms with van der Waals surface area (Å²) in [4.78, 5) is 16.3. The maximum atomic E-state index is 12.0. The molecule has 3 aromatic heterocycles. The summed E-state index contributed by atoms with van der Waals surface area (Å²) in [6.07, 6.45) is 6.05. The molecule has 6 nitrogen and oxygen atoms in total. The van der Waals surface area contributed by atoms with Crippen molar-refractivity contribution in [2.45, 2.75) is 19.4 Å². The number of hydrogen-bond donors (Lipinski definition) is 1. The number of nitrogens with zero attached hydrogens (tertiary/aromatic N) is 4. The van der Waals surface area contributed by atoms with Crippen molar-refractivity contribution >= 4 is 33.4 Å². The van der Waals surface area contributed by atoms with Crippen LogP contribution < -0.4 is 5.32 Å². The average Bonchev–Trinajstić information content (AvgIpc) is 3.06.